The molecule has 2 rings (SSSR count). The molecular weight excluding hydrogens is 146 g/mol. The van der Waals surface area contributed by atoms with Crippen molar-refractivity contribution in [3.63, 3.8) is 0 Å². The van der Waals surface area contributed by atoms with Gasteiger partial charge < -0.3 is 10.9 Å². The van der Waals surface area contributed by atoms with Crippen LogP contribution in [0.5, 0.6) is 0 Å². The summed E-state index contributed by atoms with van der Waals surface area (Å²) in [5.74, 6) is 0.225. The predicted molar refractivity (Wildman–Crippen MR) is 36.9 cm³/mol. The largest absolute Gasteiger partial charge is 0.410 e. The molecule has 56 valence electrons. The minimum atomic E-state index is 0.225. The lowest BCUT2D eigenvalue weighted by atomic mass is 10.4. The Morgan fingerprint density at radius 2 is 2.36 bits per heavy atom. The molecule has 11 heavy (non-hydrogen) atoms. The van der Waals surface area contributed by atoms with Gasteiger partial charge >= 0.3 is 0 Å². The Morgan fingerprint density at radius 3 is 3.09 bits per heavy atom. The number of nitrogens with zero attached hydrogens (tertiary/aromatic N) is 4. The number of nitrogens with two attached hydrogens (primary N) is 1. The van der Waals surface area contributed by atoms with Crippen LogP contribution < -0.4 is 5.73 Å². The Balaban J connectivity index is 2.95. The van der Waals surface area contributed by atoms with E-state index in [2.05, 4.69) is 15.1 Å². The van der Waals surface area contributed by atoms with Crippen molar-refractivity contribution in [2.45, 2.75) is 0 Å². The van der Waals surface area contributed by atoms with Crippen LogP contribution in [0.15, 0.2) is 12.5 Å². The molecule has 2 aromatic heterocycles. The highest BCUT2D eigenvalue weighted by atomic mass is 16.5. The second kappa shape index (κ2) is 1.82. The van der Waals surface area contributed by atoms with Crippen LogP contribution in [0, 0.1) is 0 Å². The SMILES string of the molecule is Nc1nn(O)c2ncncc12. The van der Waals surface area contributed by atoms with Crippen molar-refractivity contribution >= 4 is 16.9 Å². The molecule has 0 saturated carbocycles. The van der Waals surface area contributed by atoms with Crippen LogP contribution in [0.2, 0.25) is 0 Å². The number of rotatable bonds is 0. The van der Waals surface area contributed by atoms with E-state index in [1.54, 1.807) is 0 Å². The van der Waals surface area contributed by atoms with Crippen molar-refractivity contribution in [3.05, 3.63) is 12.5 Å². The average molecular weight is 151 g/mol. The highest BCUT2D eigenvalue weighted by Gasteiger charge is 2.06. The molecule has 0 atom stereocenters. The molecule has 0 aliphatic carbocycles. The van der Waals surface area contributed by atoms with Gasteiger partial charge in [0.25, 0.3) is 0 Å². The summed E-state index contributed by atoms with van der Waals surface area (Å²) in [7, 11) is 0. The number of nitrogen functional groups attached to an aromatic ring is 1. The highest BCUT2D eigenvalue weighted by Crippen LogP contribution is 2.14. The van der Waals surface area contributed by atoms with Crippen LogP contribution >= 0.6 is 0 Å². The third kappa shape index (κ3) is 0.689. The molecule has 0 spiro atoms. The highest BCUT2D eigenvalue weighted by molar-refractivity contribution is 5.84. The van der Waals surface area contributed by atoms with Crippen LogP contribution in [-0.4, -0.2) is 25.1 Å². The fourth-order valence-corrected chi connectivity index (χ4v) is 0.867. The maximum absolute atomic E-state index is 9.03. The van der Waals surface area contributed by atoms with Crippen LogP contribution in [0.1, 0.15) is 0 Å². The average Bonchev–Trinajstić information content (AvgIpc) is 2.30. The van der Waals surface area contributed by atoms with Crippen molar-refractivity contribution in [1.82, 2.24) is 19.9 Å². The fourth-order valence-electron chi connectivity index (χ4n) is 0.867. The second-order valence-electron chi connectivity index (χ2n) is 2.03. The smallest absolute Gasteiger partial charge is 0.203 e. The van der Waals surface area contributed by atoms with Gasteiger partial charge in [0, 0.05) is 6.20 Å². The van der Waals surface area contributed by atoms with Crippen molar-refractivity contribution in [2.24, 2.45) is 0 Å². The summed E-state index contributed by atoms with van der Waals surface area (Å²) in [5.41, 5.74) is 5.72. The number of aromatic nitrogens is 4. The standard InChI is InChI=1S/C5H5N5O/c6-4-3-1-7-2-8-5(3)10(11)9-4/h1-2,11H,(H2,6,9). The molecule has 0 amide bonds. The lowest BCUT2D eigenvalue weighted by Gasteiger charge is -1.86. The molecule has 0 fully saturated rings. The minimum absolute atomic E-state index is 0.225. The Labute approximate surface area is 61.2 Å². The Hall–Kier alpha value is -1.85. The van der Waals surface area contributed by atoms with Gasteiger partial charge in [-0.25, -0.2) is 9.97 Å². The molecule has 0 saturated heterocycles. The molecule has 0 radical (unpaired) electrons. The van der Waals surface area contributed by atoms with E-state index in [0.717, 1.165) is 0 Å². The molecule has 6 heteroatoms. The topological polar surface area (TPSA) is 89.8 Å². The lowest BCUT2D eigenvalue weighted by molar-refractivity contribution is 0.160. The first-order valence-corrected chi connectivity index (χ1v) is 2.92. The Morgan fingerprint density at radius 1 is 1.55 bits per heavy atom. The summed E-state index contributed by atoms with van der Waals surface area (Å²) < 4.78 is 0. The van der Waals surface area contributed by atoms with Gasteiger partial charge in [0.15, 0.2) is 5.82 Å². The molecule has 0 aliphatic rings. The first kappa shape index (κ1) is 5.90. The van der Waals surface area contributed by atoms with Gasteiger partial charge in [-0.2, -0.15) is 0 Å². The number of anilines is 1. The zero-order valence-electron chi connectivity index (χ0n) is 5.47. The Kier molecular flexibility index (Phi) is 0.974. The Bertz CT molecular complexity index is 359. The maximum Gasteiger partial charge on any atom is 0.203 e. The molecule has 0 unspecified atom stereocenters. The number of hydrogen-bond donors (Lipinski definition) is 2. The summed E-state index contributed by atoms with van der Waals surface area (Å²) in [6.45, 7) is 0. The van der Waals surface area contributed by atoms with E-state index in [9.17, 15) is 0 Å². The van der Waals surface area contributed by atoms with Crippen molar-refractivity contribution in [1.29, 1.82) is 0 Å². The molecule has 0 aromatic carbocycles. The van der Waals surface area contributed by atoms with Crippen molar-refractivity contribution in [3.8, 4) is 0 Å². The van der Waals surface area contributed by atoms with Gasteiger partial charge in [-0.05, 0) is 0 Å². The third-order valence-electron chi connectivity index (χ3n) is 1.36. The first-order valence-electron chi connectivity index (χ1n) is 2.92. The maximum atomic E-state index is 9.03. The van der Waals surface area contributed by atoms with Crippen LogP contribution in [0.25, 0.3) is 11.0 Å². The molecule has 6 nitrogen and oxygen atoms in total. The lowest BCUT2D eigenvalue weighted by Crippen LogP contribution is -1.94. The normalized spacial score (nSPS) is 10.5. The van der Waals surface area contributed by atoms with E-state index in [0.29, 0.717) is 15.9 Å². The van der Waals surface area contributed by atoms with E-state index < -0.39 is 0 Å². The predicted octanol–water partition coefficient (Wildman–Crippen LogP) is -0.354. The monoisotopic (exact) mass is 151 g/mol. The molecule has 2 heterocycles. The van der Waals surface area contributed by atoms with E-state index in [4.69, 9.17) is 10.9 Å². The summed E-state index contributed by atoms with van der Waals surface area (Å²) in [4.78, 5) is 8.12. The van der Waals surface area contributed by atoms with Gasteiger partial charge in [0.05, 0.1) is 5.39 Å². The van der Waals surface area contributed by atoms with Crippen molar-refractivity contribution < 1.29 is 5.21 Å². The zero-order chi connectivity index (χ0) is 7.84. The van der Waals surface area contributed by atoms with Gasteiger partial charge in [0.2, 0.25) is 5.65 Å². The van der Waals surface area contributed by atoms with Gasteiger partial charge in [-0.15, -0.1) is 5.10 Å². The van der Waals surface area contributed by atoms with E-state index in [1.165, 1.54) is 12.5 Å². The summed E-state index contributed by atoms with van der Waals surface area (Å²) in [6, 6.07) is 0. The van der Waals surface area contributed by atoms with Gasteiger partial charge in [-0.1, -0.05) is 4.85 Å². The van der Waals surface area contributed by atoms with E-state index in [-0.39, 0.29) is 5.82 Å². The van der Waals surface area contributed by atoms with Crippen LogP contribution in [0.4, 0.5) is 5.82 Å². The quantitative estimate of drug-likeness (QED) is 0.502. The molecule has 3 N–H and O–H groups in total. The molecular formula is C5H5N5O. The van der Waals surface area contributed by atoms with Crippen LogP contribution in [0.3, 0.4) is 0 Å². The first-order chi connectivity index (χ1) is 5.29. The van der Waals surface area contributed by atoms with Crippen LogP contribution in [-0.2, 0) is 0 Å². The molecule has 2 aromatic rings. The third-order valence-corrected chi connectivity index (χ3v) is 1.36. The molecule has 0 aliphatic heterocycles. The van der Waals surface area contributed by atoms with Crippen molar-refractivity contribution in [2.75, 3.05) is 5.73 Å². The van der Waals surface area contributed by atoms with Gasteiger partial charge in [0.1, 0.15) is 6.33 Å². The number of hydrogen-bond acceptors (Lipinski definition) is 5. The zero-order valence-corrected chi connectivity index (χ0v) is 5.47. The summed E-state index contributed by atoms with van der Waals surface area (Å²) in [6.07, 6.45) is 2.81. The summed E-state index contributed by atoms with van der Waals surface area (Å²) in [5, 5.41) is 13.1. The number of fused-ring (bicyclic) bond motifs is 1. The second-order valence-corrected chi connectivity index (χ2v) is 2.03. The van der Waals surface area contributed by atoms with E-state index >= 15 is 0 Å². The molecule has 0 bridgehead atoms. The minimum Gasteiger partial charge on any atom is -0.410 e. The summed E-state index contributed by atoms with van der Waals surface area (Å²) >= 11 is 0. The fraction of sp³-hybridized carbons (Fsp3) is 0. The van der Waals surface area contributed by atoms with Gasteiger partial charge in [-0.3, -0.25) is 0 Å². The van der Waals surface area contributed by atoms with E-state index in [1.807, 2.05) is 0 Å².